The predicted octanol–water partition coefficient (Wildman–Crippen LogP) is 2.45. The summed E-state index contributed by atoms with van der Waals surface area (Å²) in [6.45, 7) is 5.81. The van der Waals surface area contributed by atoms with Crippen molar-refractivity contribution >= 4 is 15.9 Å². The predicted molar refractivity (Wildman–Crippen MR) is 71.2 cm³/mol. The second-order valence-electron chi connectivity index (χ2n) is 3.89. The van der Waals surface area contributed by atoms with Crippen molar-refractivity contribution in [1.29, 1.82) is 0 Å². The SMILES string of the molecule is CCNCc1cn(-c2ccc(C)cc2Br)nn1. The molecule has 0 saturated heterocycles. The summed E-state index contributed by atoms with van der Waals surface area (Å²) < 4.78 is 2.81. The minimum atomic E-state index is 0.750. The fourth-order valence-corrected chi connectivity index (χ4v) is 2.22. The number of aromatic nitrogens is 3. The Bertz CT molecular complexity index is 507. The van der Waals surface area contributed by atoms with Gasteiger partial charge >= 0.3 is 0 Å². The molecule has 0 atom stereocenters. The lowest BCUT2D eigenvalue weighted by Crippen LogP contribution is -2.11. The summed E-state index contributed by atoms with van der Waals surface area (Å²) in [6, 6.07) is 6.16. The number of halogens is 1. The maximum Gasteiger partial charge on any atom is 0.0969 e. The van der Waals surface area contributed by atoms with E-state index in [4.69, 9.17) is 0 Å². The second-order valence-corrected chi connectivity index (χ2v) is 4.74. The van der Waals surface area contributed by atoms with Gasteiger partial charge in [-0.3, -0.25) is 0 Å². The van der Waals surface area contributed by atoms with E-state index in [9.17, 15) is 0 Å². The molecule has 2 aromatic rings. The molecule has 0 spiro atoms. The number of hydrogen-bond acceptors (Lipinski definition) is 3. The first-order chi connectivity index (χ1) is 8.20. The Morgan fingerprint density at radius 1 is 1.41 bits per heavy atom. The van der Waals surface area contributed by atoms with E-state index in [1.54, 1.807) is 4.68 Å². The molecule has 2 rings (SSSR count). The molecule has 90 valence electrons. The first-order valence-corrected chi connectivity index (χ1v) is 6.38. The monoisotopic (exact) mass is 294 g/mol. The highest BCUT2D eigenvalue weighted by molar-refractivity contribution is 9.10. The van der Waals surface area contributed by atoms with E-state index in [1.807, 2.05) is 12.3 Å². The molecular formula is C12H15BrN4. The molecule has 4 nitrogen and oxygen atoms in total. The van der Waals surface area contributed by atoms with Gasteiger partial charge in [0.15, 0.2) is 0 Å². The van der Waals surface area contributed by atoms with Gasteiger partial charge in [-0.2, -0.15) is 0 Å². The largest absolute Gasteiger partial charge is 0.311 e. The molecule has 5 heteroatoms. The lowest BCUT2D eigenvalue weighted by atomic mass is 10.2. The number of nitrogens with zero attached hydrogens (tertiary/aromatic N) is 3. The molecule has 0 aliphatic carbocycles. The fourth-order valence-electron chi connectivity index (χ4n) is 1.55. The molecule has 1 aromatic carbocycles. The molecule has 0 aliphatic heterocycles. The van der Waals surface area contributed by atoms with Gasteiger partial charge < -0.3 is 5.32 Å². The van der Waals surface area contributed by atoms with Gasteiger partial charge in [-0.25, -0.2) is 4.68 Å². The zero-order valence-electron chi connectivity index (χ0n) is 9.94. The van der Waals surface area contributed by atoms with E-state index in [0.717, 1.165) is 28.9 Å². The van der Waals surface area contributed by atoms with Crippen molar-refractivity contribution in [3.63, 3.8) is 0 Å². The number of aryl methyl sites for hydroxylation is 1. The Hall–Kier alpha value is -1.20. The number of nitrogens with one attached hydrogen (secondary N) is 1. The van der Waals surface area contributed by atoms with Crippen LogP contribution in [0.25, 0.3) is 5.69 Å². The maximum atomic E-state index is 4.13. The normalized spacial score (nSPS) is 10.8. The molecule has 17 heavy (non-hydrogen) atoms. The zero-order valence-corrected chi connectivity index (χ0v) is 11.5. The maximum absolute atomic E-state index is 4.13. The van der Waals surface area contributed by atoms with Gasteiger partial charge in [0.25, 0.3) is 0 Å². The van der Waals surface area contributed by atoms with Crippen LogP contribution in [0.15, 0.2) is 28.9 Å². The van der Waals surface area contributed by atoms with Crippen molar-refractivity contribution in [2.75, 3.05) is 6.54 Å². The molecule has 0 aliphatic rings. The highest BCUT2D eigenvalue weighted by Crippen LogP contribution is 2.21. The van der Waals surface area contributed by atoms with Crippen LogP contribution < -0.4 is 5.32 Å². The van der Waals surface area contributed by atoms with Crippen LogP contribution in [0.1, 0.15) is 18.2 Å². The van der Waals surface area contributed by atoms with Crippen LogP contribution in [0, 0.1) is 6.92 Å². The van der Waals surface area contributed by atoms with Gasteiger partial charge in [0.05, 0.1) is 17.6 Å². The molecule has 1 N–H and O–H groups in total. The third kappa shape index (κ3) is 2.92. The highest BCUT2D eigenvalue weighted by atomic mass is 79.9. The number of rotatable bonds is 4. The van der Waals surface area contributed by atoms with Crippen molar-refractivity contribution in [1.82, 2.24) is 20.3 Å². The molecule has 1 heterocycles. The summed E-state index contributed by atoms with van der Waals surface area (Å²) in [5.74, 6) is 0. The molecule has 0 radical (unpaired) electrons. The van der Waals surface area contributed by atoms with E-state index in [1.165, 1.54) is 5.56 Å². The van der Waals surface area contributed by atoms with E-state index in [-0.39, 0.29) is 0 Å². The van der Waals surface area contributed by atoms with Crippen molar-refractivity contribution in [2.24, 2.45) is 0 Å². The average Bonchev–Trinajstić information content (AvgIpc) is 2.75. The smallest absolute Gasteiger partial charge is 0.0969 e. The van der Waals surface area contributed by atoms with E-state index in [2.05, 4.69) is 57.5 Å². The minimum Gasteiger partial charge on any atom is -0.311 e. The molecule has 0 fully saturated rings. The van der Waals surface area contributed by atoms with Crippen LogP contribution in [-0.2, 0) is 6.54 Å². The summed E-state index contributed by atoms with van der Waals surface area (Å²) in [6.07, 6.45) is 1.94. The van der Waals surface area contributed by atoms with E-state index >= 15 is 0 Å². The Morgan fingerprint density at radius 3 is 2.94 bits per heavy atom. The van der Waals surface area contributed by atoms with Crippen LogP contribution in [0.5, 0.6) is 0 Å². The van der Waals surface area contributed by atoms with Crippen LogP contribution in [0.3, 0.4) is 0 Å². The summed E-state index contributed by atoms with van der Waals surface area (Å²) >= 11 is 3.54. The third-order valence-corrected chi connectivity index (χ3v) is 3.08. The first kappa shape index (κ1) is 12.3. The van der Waals surface area contributed by atoms with Crippen molar-refractivity contribution in [3.8, 4) is 5.69 Å². The summed E-state index contributed by atoms with van der Waals surface area (Å²) in [5.41, 5.74) is 3.17. The van der Waals surface area contributed by atoms with Crippen molar-refractivity contribution < 1.29 is 0 Å². The molecule has 0 saturated carbocycles. The number of benzene rings is 1. The lowest BCUT2D eigenvalue weighted by Gasteiger charge is -2.03. The molecule has 0 bridgehead atoms. The van der Waals surface area contributed by atoms with Crippen molar-refractivity contribution in [2.45, 2.75) is 20.4 Å². The average molecular weight is 295 g/mol. The topological polar surface area (TPSA) is 42.7 Å². The summed E-state index contributed by atoms with van der Waals surface area (Å²) in [7, 11) is 0. The van der Waals surface area contributed by atoms with Crippen LogP contribution >= 0.6 is 15.9 Å². The molecule has 0 amide bonds. The van der Waals surface area contributed by atoms with Gasteiger partial charge in [0.1, 0.15) is 0 Å². The van der Waals surface area contributed by atoms with Crippen LogP contribution in [-0.4, -0.2) is 21.5 Å². The number of hydrogen-bond donors (Lipinski definition) is 1. The third-order valence-electron chi connectivity index (χ3n) is 2.45. The van der Waals surface area contributed by atoms with Gasteiger partial charge in [-0.15, -0.1) is 5.10 Å². The van der Waals surface area contributed by atoms with Crippen LogP contribution in [0.2, 0.25) is 0 Å². The summed E-state index contributed by atoms with van der Waals surface area (Å²) in [4.78, 5) is 0. The first-order valence-electron chi connectivity index (χ1n) is 5.59. The Labute approximate surface area is 109 Å². The zero-order chi connectivity index (χ0) is 12.3. The Balaban J connectivity index is 2.24. The summed E-state index contributed by atoms with van der Waals surface area (Å²) in [5, 5.41) is 11.5. The molecule has 1 aromatic heterocycles. The van der Waals surface area contributed by atoms with E-state index < -0.39 is 0 Å². The minimum absolute atomic E-state index is 0.750. The van der Waals surface area contributed by atoms with Gasteiger partial charge in [0, 0.05) is 11.0 Å². The standard InChI is InChI=1S/C12H15BrN4/c1-3-14-7-10-8-17(16-15-10)12-5-4-9(2)6-11(12)13/h4-6,8,14H,3,7H2,1-2H3. The van der Waals surface area contributed by atoms with Crippen molar-refractivity contribution in [3.05, 3.63) is 40.1 Å². The second kappa shape index (κ2) is 5.42. The lowest BCUT2D eigenvalue weighted by molar-refractivity contribution is 0.705. The van der Waals surface area contributed by atoms with Gasteiger partial charge in [-0.1, -0.05) is 18.2 Å². The van der Waals surface area contributed by atoms with Gasteiger partial charge in [-0.05, 0) is 47.1 Å². The van der Waals surface area contributed by atoms with Crippen LogP contribution in [0.4, 0.5) is 0 Å². The highest BCUT2D eigenvalue weighted by Gasteiger charge is 2.05. The Kier molecular flexibility index (Phi) is 3.91. The van der Waals surface area contributed by atoms with Gasteiger partial charge in [0.2, 0.25) is 0 Å². The van der Waals surface area contributed by atoms with E-state index in [0.29, 0.717) is 0 Å². The fraction of sp³-hybridized carbons (Fsp3) is 0.333. The Morgan fingerprint density at radius 2 is 2.24 bits per heavy atom. The molecule has 0 unspecified atom stereocenters. The quantitative estimate of drug-likeness (QED) is 0.942. The molecular weight excluding hydrogens is 280 g/mol.